The van der Waals surface area contributed by atoms with Crippen molar-refractivity contribution in [2.24, 2.45) is 0 Å². The molecule has 0 radical (unpaired) electrons. The summed E-state index contributed by atoms with van der Waals surface area (Å²) in [6, 6.07) is 11.9. The Morgan fingerprint density at radius 3 is 2.44 bits per heavy atom. The zero-order valence-corrected chi connectivity index (χ0v) is 22.8. The third-order valence-electron chi connectivity index (χ3n) is 7.03. The van der Waals surface area contributed by atoms with Gasteiger partial charge in [-0.1, -0.05) is 0 Å². The van der Waals surface area contributed by atoms with Crippen molar-refractivity contribution in [2.75, 3.05) is 45.1 Å². The molecule has 2 aromatic heterocycles. The number of ether oxygens (including phenoxy) is 1. The van der Waals surface area contributed by atoms with Crippen LogP contribution in [0, 0.1) is 6.92 Å². The molecular formula is C29H31F2N7O3. The number of imidazole rings is 1. The molecular weight excluding hydrogens is 532 g/mol. The predicted molar refractivity (Wildman–Crippen MR) is 151 cm³/mol. The van der Waals surface area contributed by atoms with Gasteiger partial charge in [-0.3, -0.25) is 14.0 Å². The number of fused-ring (bicyclic) bond motifs is 1. The second kappa shape index (κ2) is 12.3. The van der Waals surface area contributed by atoms with Crippen LogP contribution in [0.25, 0.3) is 16.9 Å². The van der Waals surface area contributed by atoms with Gasteiger partial charge in [-0.15, -0.1) is 0 Å². The quantitative estimate of drug-likeness (QED) is 0.318. The number of alkyl halides is 2. The van der Waals surface area contributed by atoms with Crippen LogP contribution >= 0.6 is 0 Å². The lowest BCUT2D eigenvalue weighted by Crippen LogP contribution is -2.51. The molecule has 214 valence electrons. The van der Waals surface area contributed by atoms with E-state index >= 15 is 0 Å². The number of nitrogens with one attached hydrogen (secondary N) is 2. The van der Waals surface area contributed by atoms with Crippen LogP contribution < -0.4 is 15.4 Å². The number of aryl methyl sites for hydroxylation is 1. The average Bonchev–Trinajstić information content (AvgIpc) is 3.41. The molecule has 4 aromatic rings. The topological polar surface area (TPSA) is 104 Å². The van der Waals surface area contributed by atoms with E-state index in [0.29, 0.717) is 56.2 Å². The molecule has 0 unspecified atom stereocenters. The molecule has 0 aliphatic carbocycles. The van der Waals surface area contributed by atoms with Crippen LogP contribution in [0.5, 0.6) is 5.75 Å². The number of aromatic nitrogens is 3. The normalized spacial score (nSPS) is 13.6. The Bertz CT molecular complexity index is 1530. The average molecular weight is 564 g/mol. The molecule has 12 heteroatoms. The first-order valence-corrected chi connectivity index (χ1v) is 13.3. The van der Waals surface area contributed by atoms with Crippen molar-refractivity contribution in [3.8, 4) is 17.0 Å². The van der Waals surface area contributed by atoms with Gasteiger partial charge in [0.15, 0.2) is 11.5 Å². The van der Waals surface area contributed by atoms with Gasteiger partial charge in [0.05, 0.1) is 11.9 Å². The van der Waals surface area contributed by atoms with Crippen LogP contribution in [0.3, 0.4) is 0 Å². The van der Waals surface area contributed by atoms with Gasteiger partial charge >= 0.3 is 6.61 Å². The summed E-state index contributed by atoms with van der Waals surface area (Å²) in [6.45, 7) is 1.70. The summed E-state index contributed by atoms with van der Waals surface area (Å²) in [5.74, 6) is 0.647. The zero-order chi connectivity index (χ0) is 28.9. The van der Waals surface area contributed by atoms with Crippen LogP contribution in [0.2, 0.25) is 0 Å². The van der Waals surface area contributed by atoms with E-state index in [1.807, 2.05) is 35.4 Å². The van der Waals surface area contributed by atoms with Crippen molar-refractivity contribution in [2.45, 2.75) is 20.0 Å². The molecule has 2 amide bonds. The summed E-state index contributed by atoms with van der Waals surface area (Å²) in [5, 5.41) is 6.28. The van der Waals surface area contributed by atoms with Crippen molar-refractivity contribution in [1.29, 1.82) is 0 Å². The molecule has 5 rings (SSSR count). The van der Waals surface area contributed by atoms with Crippen molar-refractivity contribution in [1.82, 2.24) is 29.5 Å². The molecule has 1 aliphatic rings. The van der Waals surface area contributed by atoms with E-state index in [-0.39, 0.29) is 17.6 Å². The fourth-order valence-electron chi connectivity index (χ4n) is 4.87. The van der Waals surface area contributed by atoms with E-state index in [9.17, 15) is 18.4 Å². The maximum atomic E-state index is 13.2. The van der Waals surface area contributed by atoms with E-state index < -0.39 is 6.61 Å². The van der Waals surface area contributed by atoms with E-state index in [0.717, 1.165) is 22.5 Å². The van der Waals surface area contributed by atoms with Crippen LogP contribution in [0.1, 0.15) is 22.3 Å². The number of rotatable bonds is 9. The standard InChI is InChI=1S/C29H31F2N7O3/c1-19-17-21(5-8-23(19)28(40)37-15-13-36(14-16-37)25(39)9-10-32-2)35-26-27-34-18-24(38(27)12-11-33-26)20-3-6-22(7-4-20)41-29(30)31/h3-8,11-12,17-18,29,32H,9-10,13-16H2,1-2H3,(H,33,35). The molecule has 1 fully saturated rings. The van der Waals surface area contributed by atoms with Crippen LogP contribution in [-0.4, -0.2) is 82.4 Å². The number of carbonyl (C=O) groups excluding carboxylic acids is 2. The number of carbonyl (C=O) groups is 2. The van der Waals surface area contributed by atoms with Crippen LogP contribution in [-0.2, 0) is 4.79 Å². The largest absolute Gasteiger partial charge is 0.435 e. The highest BCUT2D eigenvalue weighted by atomic mass is 19.3. The molecule has 1 saturated heterocycles. The van der Waals surface area contributed by atoms with Gasteiger partial charge in [-0.2, -0.15) is 8.78 Å². The first-order valence-electron chi connectivity index (χ1n) is 13.3. The maximum absolute atomic E-state index is 13.2. The summed E-state index contributed by atoms with van der Waals surface area (Å²) in [7, 11) is 1.82. The van der Waals surface area contributed by atoms with Gasteiger partial charge in [0.2, 0.25) is 5.91 Å². The smallest absolute Gasteiger partial charge is 0.387 e. The lowest BCUT2D eigenvalue weighted by atomic mass is 10.1. The van der Waals surface area contributed by atoms with Gasteiger partial charge in [-0.05, 0) is 62.0 Å². The molecule has 0 bridgehead atoms. The molecule has 2 N–H and O–H groups in total. The molecule has 3 heterocycles. The third kappa shape index (κ3) is 6.27. The fourth-order valence-corrected chi connectivity index (χ4v) is 4.87. The van der Waals surface area contributed by atoms with Crippen molar-refractivity contribution < 1.29 is 23.1 Å². The highest BCUT2D eigenvalue weighted by molar-refractivity contribution is 5.96. The molecule has 0 saturated carbocycles. The molecule has 2 aromatic carbocycles. The number of piperazine rings is 1. The first-order chi connectivity index (χ1) is 19.8. The van der Waals surface area contributed by atoms with Crippen LogP contribution in [0.15, 0.2) is 61.1 Å². The number of halogens is 2. The monoisotopic (exact) mass is 563 g/mol. The van der Waals surface area contributed by atoms with Crippen molar-refractivity contribution >= 4 is 29.0 Å². The zero-order valence-electron chi connectivity index (χ0n) is 22.8. The Labute approximate surface area is 235 Å². The van der Waals surface area contributed by atoms with E-state index in [1.165, 1.54) is 12.1 Å². The van der Waals surface area contributed by atoms with E-state index in [2.05, 4.69) is 25.3 Å². The maximum Gasteiger partial charge on any atom is 0.387 e. The van der Waals surface area contributed by atoms with Gasteiger partial charge in [-0.25, -0.2) is 9.97 Å². The Balaban J connectivity index is 1.27. The minimum Gasteiger partial charge on any atom is -0.435 e. The lowest BCUT2D eigenvalue weighted by Gasteiger charge is -2.35. The number of hydrogen-bond acceptors (Lipinski definition) is 7. The van der Waals surface area contributed by atoms with E-state index in [4.69, 9.17) is 0 Å². The summed E-state index contributed by atoms with van der Waals surface area (Å²) in [4.78, 5) is 38.1. The summed E-state index contributed by atoms with van der Waals surface area (Å²) in [5.41, 5.74) is 4.29. The first kappa shape index (κ1) is 28.0. The van der Waals surface area contributed by atoms with Crippen LogP contribution in [0.4, 0.5) is 20.3 Å². The predicted octanol–water partition coefficient (Wildman–Crippen LogP) is 3.94. The summed E-state index contributed by atoms with van der Waals surface area (Å²) < 4.78 is 31.3. The second-order valence-corrected chi connectivity index (χ2v) is 9.70. The minimum atomic E-state index is -2.88. The van der Waals surface area contributed by atoms with E-state index in [1.54, 1.807) is 41.7 Å². The molecule has 0 spiro atoms. The Kier molecular flexibility index (Phi) is 8.39. The second-order valence-electron chi connectivity index (χ2n) is 9.70. The lowest BCUT2D eigenvalue weighted by molar-refractivity contribution is -0.132. The van der Waals surface area contributed by atoms with Crippen molar-refractivity contribution in [3.05, 3.63) is 72.2 Å². The van der Waals surface area contributed by atoms with Gasteiger partial charge in [0, 0.05) is 68.4 Å². The van der Waals surface area contributed by atoms with Crippen molar-refractivity contribution in [3.63, 3.8) is 0 Å². The molecule has 10 nitrogen and oxygen atoms in total. The molecule has 41 heavy (non-hydrogen) atoms. The number of amides is 2. The minimum absolute atomic E-state index is 0.0560. The summed E-state index contributed by atoms with van der Waals surface area (Å²) in [6.07, 6.45) is 5.55. The molecule has 0 atom stereocenters. The van der Waals surface area contributed by atoms with Gasteiger partial charge in [0.25, 0.3) is 5.91 Å². The fraction of sp³-hybridized carbons (Fsp3) is 0.310. The number of hydrogen-bond donors (Lipinski definition) is 2. The number of anilines is 2. The highest BCUT2D eigenvalue weighted by Gasteiger charge is 2.25. The third-order valence-corrected chi connectivity index (χ3v) is 7.03. The molecule has 1 aliphatic heterocycles. The highest BCUT2D eigenvalue weighted by Crippen LogP contribution is 2.28. The Morgan fingerprint density at radius 1 is 1.02 bits per heavy atom. The number of nitrogens with zero attached hydrogens (tertiary/aromatic N) is 5. The SMILES string of the molecule is CNCCC(=O)N1CCN(C(=O)c2ccc(Nc3nccn4c(-c5ccc(OC(F)F)cc5)cnc34)cc2C)CC1. The van der Waals surface area contributed by atoms with Gasteiger partial charge < -0.3 is 25.2 Å². The number of benzene rings is 2. The Hall–Kier alpha value is -4.58. The Morgan fingerprint density at radius 2 is 1.76 bits per heavy atom. The van der Waals surface area contributed by atoms with Gasteiger partial charge in [0.1, 0.15) is 5.75 Å². The summed E-state index contributed by atoms with van der Waals surface area (Å²) >= 11 is 0.